The van der Waals surface area contributed by atoms with Crippen LogP contribution in [0.5, 0.6) is 0 Å². The largest absolute Gasteiger partial charge is 0.356 e. The van der Waals surface area contributed by atoms with Crippen LogP contribution in [0.1, 0.15) is 35.5 Å². The van der Waals surface area contributed by atoms with Gasteiger partial charge in [0.05, 0.1) is 0 Å². The Morgan fingerprint density at radius 1 is 1.50 bits per heavy atom. The fourth-order valence-corrected chi connectivity index (χ4v) is 0.489. The summed E-state index contributed by atoms with van der Waals surface area (Å²) < 4.78 is 0. The van der Waals surface area contributed by atoms with E-state index in [-0.39, 0.29) is 12.7 Å². The molecule has 0 radical (unpaired) electrons. The zero-order valence-electron chi connectivity index (χ0n) is 7.32. The number of hydrogen-bond acceptors (Lipinski definition) is 1. The van der Waals surface area contributed by atoms with Gasteiger partial charge in [0, 0.05) is 14.4 Å². The SMILES string of the molecule is CCC(=O)NCC(C)(C)C.[HH]. The van der Waals surface area contributed by atoms with E-state index in [0.29, 0.717) is 6.42 Å². The zero-order valence-corrected chi connectivity index (χ0v) is 7.32. The Morgan fingerprint density at radius 3 is 2.30 bits per heavy atom. The van der Waals surface area contributed by atoms with Crippen LogP contribution in [0.3, 0.4) is 0 Å². The molecule has 0 aromatic heterocycles. The van der Waals surface area contributed by atoms with Crippen LogP contribution >= 0.6 is 0 Å². The van der Waals surface area contributed by atoms with Gasteiger partial charge in [0.15, 0.2) is 0 Å². The van der Waals surface area contributed by atoms with Gasteiger partial charge in [0.2, 0.25) is 5.91 Å². The Hall–Kier alpha value is -0.530. The monoisotopic (exact) mass is 145 g/mol. The summed E-state index contributed by atoms with van der Waals surface area (Å²) in [5, 5.41) is 2.83. The summed E-state index contributed by atoms with van der Waals surface area (Å²) >= 11 is 0. The minimum atomic E-state index is 0. The average molecular weight is 145 g/mol. The van der Waals surface area contributed by atoms with Crippen LogP contribution in [0.4, 0.5) is 0 Å². The van der Waals surface area contributed by atoms with E-state index in [1.165, 1.54) is 0 Å². The van der Waals surface area contributed by atoms with E-state index in [0.717, 1.165) is 6.54 Å². The summed E-state index contributed by atoms with van der Waals surface area (Å²) in [5.74, 6) is 0.134. The van der Waals surface area contributed by atoms with Crippen molar-refractivity contribution in [2.75, 3.05) is 6.54 Å². The van der Waals surface area contributed by atoms with Gasteiger partial charge in [0.25, 0.3) is 0 Å². The van der Waals surface area contributed by atoms with Crippen LogP contribution in [0.25, 0.3) is 0 Å². The molecule has 10 heavy (non-hydrogen) atoms. The van der Waals surface area contributed by atoms with E-state index >= 15 is 0 Å². The number of amides is 1. The molecule has 62 valence electrons. The van der Waals surface area contributed by atoms with Gasteiger partial charge in [-0.15, -0.1) is 0 Å². The lowest BCUT2D eigenvalue weighted by Crippen LogP contribution is -2.31. The van der Waals surface area contributed by atoms with Gasteiger partial charge in [-0.25, -0.2) is 0 Å². The molecule has 0 heterocycles. The van der Waals surface area contributed by atoms with E-state index in [1.54, 1.807) is 0 Å². The first-order valence-corrected chi connectivity index (χ1v) is 3.72. The van der Waals surface area contributed by atoms with Crippen molar-refractivity contribution in [1.29, 1.82) is 0 Å². The van der Waals surface area contributed by atoms with Crippen molar-refractivity contribution in [3.05, 3.63) is 0 Å². The van der Waals surface area contributed by atoms with Crippen LogP contribution in [0.15, 0.2) is 0 Å². The summed E-state index contributed by atoms with van der Waals surface area (Å²) in [6, 6.07) is 0. The molecule has 0 aliphatic heterocycles. The highest BCUT2D eigenvalue weighted by molar-refractivity contribution is 5.75. The molecule has 0 atom stereocenters. The zero-order chi connectivity index (χ0) is 8.20. The van der Waals surface area contributed by atoms with Crippen molar-refractivity contribution in [3.63, 3.8) is 0 Å². The molecular formula is C8H19NO. The highest BCUT2D eigenvalue weighted by Crippen LogP contribution is 2.09. The number of carbonyl (C=O) groups excluding carboxylic acids is 1. The smallest absolute Gasteiger partial charge is 0.219 e. The molecule has 0 fully saturated rings. The number of nitrogens with one attached hydrogen (secondary N) is 1. The average Bonchev–Trinajstić information content (AvgIpc) is 1.81. The van der Waals surface area contributed by atoms with E-state index in [1.807, 2.05) is 6.92 Å². The third kappa shape index (κ3) is 5.60. The molecule has 2 heteroatoms. The molecule has 0 saturated heterocycles. The highest BCUT2D eigenvalue weighted by Gasteiger charge is 2.10. The fraction of sp³-hybridized carbons (Fsp3) is 0.875. The van der Waals surface area contributed by atoms with Gasteiger partial charge >= 0.3 is 0 Å². The third-order valence-corrected chi connectivity index (χ3v) is 1.14. The molecular weight excluding hydrogens is 126 g/mol. The van der Waals surface area contributed by atoms with E-state index in [2.05, 4.69) is 26.1 Å². The van der Waals surface area contributed by atoms with Crippen LogP contribution in [-0.2, 0) is 4.79 Å². The third-order valence-electron chi connectivity index (χ3n) is 1.14. The molecule has 0 aromatic rings. The molecule has 0 aliphatic rings. The first kappa shape index (κ1) is 9.47. The summed E-state index contributed by atoms with van der Waals surface area (Å²) in [7, 11) is 0. The standard InChI is InChI=1S/C8H17NO.H2/c1-5-7(10)9-6-8(2,3)4;/h5-6H2,1-4H3,(H,9,10);1H. The van der Waals surface area contributed by atoms with Crippen molar-refractivity contribution in [3.8, 4) is 0 Å². The summed E-state index contributed by atoms with van der Waals surface area (Å²) in [4.78, 5) is 10.7. The molecule has 0 aromatic carbocycles. The molecule has 0 rings (SSSR count). The second-order valence-electron chi connectivity index (χ2n) is 3.69. The summed E-state index contributed by atoms with van der Waals surface area (Å²) in [5.41, 5.74) is 0.199. The second kappa shape index (κ2) is 3.59. The Kier molecular flexibility index (Phi) is 3.40. The lowest BCUT2D eigenvalue weighted by molar-refractivity contribution is -0.121. The molecule has 0 unspecified atom stereocenters. The van der Waals surface area contributed by atoms with E-state index in [4.69, 9.17) is 0 Å². The normalized spacial score (nSPS) is 11.2. The quantitative estimate of drug-likeness (QED) is 0.630. The molecule has 0 bridgehead atoms. The van der Waals surface area contributed by atoms with Crippen molar-refractivity contribution in [2.45, 2.75) is 34.1 Å². The Balaban J connectivity index is 0. The predicted molar refractivity (Wildman–Crippen MR) is 44.9 cm³/mol. The molecule has 1 amide bonds. The van der Waals surface area contributed by atoms with Crippen molar-refractivity contribution >= 4 is 5.91 Å². The lowest BCUT2D eigenvalue weighted by Gasteiger charge is -2.18. The maximum Gasteiger partial charge on any atom is 0.219 e. The van der Waals surface area contributed by atoms with Crippen molar-refractivity contribution < 1.29 is 6.22 Å². The second-order valence-corrected chi connectivity index (χ2v) is 3.69. The molecule has 0 saturated carbocycles. The van der Waals surface area contributed by atoms with Crippen molar-refractivity contribution in [1.82, 2.24) is 5.32 Å². The van der Waals surface area contributed by atoms with Gasteiger partial charge in [-0.2, -0.15) is 0 Å². The Labute approximate surface area is 64.5 Å². The first-order chi connectivity index (χ1) is 4.45. The van der Waals surface area contributed by atoms with Crippen LogP contribution in [-0.4, -0.2) is 12.5 Å². The van der Waals surface area contributed by atoms with Crippen LogP contribution < -0.4 is 5.32 Å². The van der Waals surface area contributed by atoms with E-state index < -0.39 is 0 Å². The highest BCUT2D eigenvalue weighted by atomic mass is 16.1. The van der Waals surface area contributed by atoms with Crippen LogP contribution in [0, 0.1) is 5.41 Å². The predicted octanol–water partition coefficient (Wildman–Crippen LogP) is 1.80. The number of hydrogen-bond donors (Lipinski definition) is 1. The summed E-state index contributed by atoms with van der Waals surface area (Å²) in [6.07, 6.45) is 0.579. The molecule has 2 nitrogen and oxygen atoms in total. The van der Waals surface area contributed by atoms with Gasteiger partial charge in [-0.1, -0.05) is 27.7 Å². The Bertz CT molecular complexity index is 118. The molecule has 0 spiro atoms. The lowest BCUT2D eigenvalue weighted by atomic mass is 9.97. The maximum atomic E-state index is 10.7. The first-order valence-electron chi connectivity index (χ1n) is 3.72. The Morgan fingerprint density at radius 2 is 2.00 bits per heavy atom. The van der Waals surface area contributed by atoms with Gasteiger partial charge in [-0.3, -0.25) is 4.79 Å². The fourth-order valence-electron chi connectivity index (χ4n) is 0.489. The minimum Gasteiger partial charge on any atom is -0.356 e. The van der Waals surface area contributed by atoms with Gasteiger partial charge in [0.1, 0.15) is 0 Å². The molecule has 0 aliphatic carbocycles. The topological polar surface area (TPSA) is 29.1 Å². The van der Waals surface area contributed by atoms with Gasteiger partial charge in [-0.05, 0) is 5.41 Å². The molecule has 1 N–H and O–H groups in total. The van der Waals surface area contributed by atoms with Crippen molar-refractivity contribution in [2.24, 2.45) is 5.41 Å². The number of carbonyl (C=O) groups is 1. The summed E-state index contributed by atoms with van der Waals surface area (Å²) in [6.45, 7) is 8.92. The maximum absolute atomic E-state index is 10.7. The van der Waals surface area contributed by atoms with Gasteiger partial charge < -0.3 is 5.32 Å². The number of rotatable bonds is 2. The van der Waals surface area contributed by atoms with Crippen LogP contribution in [0.2, 0.25) is 0 Å². The minimum absolute atomic E-state index is 0. The van der Waals surface area contributed by atoms with E-state index in [9.17, 15) is 4.79 Å².